The highest BCUT2D eigenvalue weighted by Crippen LogP contribution is 2.30. The molecule has 0 bridgehead atoms. The molecular formula is C23H27N3O4. The van der Waals surface area contributed by atoms with Gasteiger partial charge in [0.05, 0.1) is 5.71 Å². The van der Waals surface area contributed by atoms with E-state index in [4.69, 9.17) is 4.42 Å². The largest absolute Gasteiger partial charge is 0.508 e. The van der Waals surface area contributed by atoms with E-state index in [-0.39, 0.29) is 23.6 Å². The maximum atomic E-state index is 12.8. The zero-order chi connectivity index (χ0) is 21.1. The molecule has 4 rings (SSSR count). The van der Waals surface area contributed by atoms with Crippen LogP contribution in [0.25, 0.3) is 0 Å². The lowest BCUT2D eigenvalue weighted by Gasteiger charge is -2.22. The van der Waals surface area contributed by atoms with Crippen molar-refractivity contribution in [1.29, 1.82) is 0 Å². The summed E-state index contributed by atoms with van der Waals surface area (Å²) in [5.74, 6) is 0.686. The first-order chi connectivity index (χ1) is 14.5. The normalized spacial score (nSPS) is 18.1. The van der Waals surface area contributed by atoms with Crippen LogP contribution in [0.5, 0.6) is 5.75 Å². The Morgan fingerprint density at radius 2 is 1.77 bits per heavy atom. The topological polar surface area (TPSA) is 104 Å². The zero-order valence-corrected chi connectivity index (χ0v) is 17.2. The van der Waals surface area contributed by atoms with Crippen molar-refractivity contribution in [3.63, 3.8) is 0 Å². The van der Waals surface area contributed by atoms with E-state index in [1.165, 1.54) is 30.7 Å². The van der Waals surface area contributed by atoms with Crippen LogP contribution in [0.1, 0.15) is 82.7 Å². The number of aromatic hydroxyl groups is 1. The number of amides is 2. The highest BCUT2D eigenvalue weighted by molar-refractivity contribution is 6.07. The van der Waals surface area contributed by atoms with Gasteiger partial charge in [-0.3, -0.25) is 9.59 Å². The number of nitrogens with zero attached hydrogens (tertiary/aromatic N) is 1. The molecule has 3 N–H and O–H groups in total. The van der Waals surface area contributed by atoms with Gasteiger partial charge in [-0.1, -0.05) is 19.3 Å². The Labute approximate surface area is 175 Å². The van der Waals surface area contributed by atoms with Crippen LogP contribution in [0.2, 0.25) is 0 Å². The minimum atomic E-state index is -0.356. The van der Waals surface area contributed by atoms with E-state index < -0.39 is 0 Å². The minimum Gasteiger partial charge on any atom is -0.508 e. The van der Waals surface area contributed by atoms with Crippen LogP contribution in [0.3, 0.4) is 0 Å². The standard InChI is InChI=1S/C23H27N3O4/c1-14-20-18(25-26-22(28)15-10-12-17(27)13-11-15)8-5-9-19(20)30-21(14)23(29)24-16-6-3-2-4-7-16/h10-13,16,27H,2-9H2,1H3,(H,24,29)(H,26,28)/b25-18+. The van der Waals surface area contributed by atoms with Gasteiger partial charge in [-0.05, 0) is 56.9 Å². The first kappa shape index (κ1) is 20.2. The monoisotopic (exact) mass is 409 g/mol. The van der Waals surface area contributed by atoms with Gasteiger partial charge >= 0.3 is 0 Å². The Kier molecular flexibility index (Phi) is 5.88. The van der Waals surface area contributed by atoms with Gasteiger partial charge in [-0.15, -0.1) is 0 Å². The number of aryl methyl sites for hydroxylation is 1. The van der Waals surface area contributed by atoms with Gasteiger partial charge in [0, 0.05) is 29.2 Å². The summed E-state index contributed by atoms with van der Waals surface area (Å²) in [4.78, 5) is 25.1. The maximum Gasteiger partial charge on any atom is 0.287 e. The molecule has 0 aliphatic heterocycles. The number of rotatable bonds is 4. The fraction of sp³-hybridized carbons (Fsp3) is 0.435. The molecule has 2 aliphatic carbocycles. The summed E-state index contributed by atoms with van der Waals surface area (Å²) in [7, 11) is 0. The Hall–Kier alpha value is -3.09. The van der Waals surface area contributed by atoms with Gasteiger partial charge in [0.2, 0.25) is 0 Å². The number of phenolic OH excluding ortho intramolecular Hbond substituents is 1. The van der Waals surface area contributed by atoms with Crippen molar-refractivity contribution in [2.45, 2.75) is 64.3 Å². The van der Waals surface area contributed by atoms with Crippen LogP contribution in [-0.4, -0.2) is 28.7 Å². The van der Waals surface area contributed by atoms with Crippen LogP contribution < -0.4 is 10.7 Å². The molecule has 0 spiro atoms. The fourth-order valence-electron chi connectivity index (χ4n) is 4.29. The zero-order valence-electron chi connectivity index (χ0n) is 17.2. The summed E-state index contributed by atoms with van der Waals surface area (Å²) >= 11 is 0. The number of nitrogens with one attached hydrogen (secondary N) is 2. The molecule has 2 aromatic rings. The first-order valence-electron chi connectivity index (χ1n) is 10.6. The van der Waals surface area contributed by atoms with Crippen LogP contribution >= 0.6 is 0 Å². The summed E-state index contributed by atoms with van der Waals surface area (Å²) < 4.78 is 5.94. The predicted octanol–water partition coefficient (Wildman–Crippen LogP) is 3.83. The van der Waals surface area contributed by atoms with Crippen molar-refractivity contribution >= 4 is 17.5 Å². The Morgan fingerprint density at radius 1 is 1.03 bits per heavy atom. The molecule has 7 nitrogen and oxygen atoms in total. The van der Waals surface area contributed by atoms with Crippen LogP contribution in [0.15, 0.2) is 33.8 Å². The number of carbonyl (C=O) groups is 2. The maximum absolute atomic E-state index is 12.8. The van der Waals surface area contributed by atoms with E-state index in [2.05, 4.69) is 15.8 Å². The molecule has 0 atom stereocenters. The Morgan fingerprint density at radius 3 is 2.50 bits per heavy atom. The lowest BCUT2D eigenvalue weighted by atomic mass is 9.93. The lowest BCUT2D eigenvalue weighted by Crippen LogP contribution is -2.36. The Balaban J connectivity index is 1.51. The fourth-order valence-corrected chi connectivity index (χ4v) is 4.29. The highest BCUT2D eigenvalue weighted by atomic mass is 16.4. The number of hydrogen-bond acceptors (Lipinski definition) is 5. The van der Waals surface area contributed by atoms with Gasteiger partial charge in [0.15, 0.2) is 5.76 Å². The van der Waals surface area contributed by atoms with Gasteiger partial charge in [0.1, 0.15) is 11.5 Å². The van der Waals surface area contributed by atoms with Crippen molar-refractivity contribution in [3.8, 4) is 5.75 Å². The van der Waals surface area contributed by atoms with E-state index in [1.54, 1.807) is 0 Å². The molecule has 1 aromatic carbocycles. The van der Waals surface area contributed by atoms with Crippen molar-refractivity contribution in [3.05, 3.63) is 52.5 Å². The molecule has 1 fully saturated rings. The quantitative estimate of drug-likeness (QED) is 0.668. The molecule has 1 saturated carbocycles. The second kappa shape index (κ2) is 8.73. The second-order valence-electron chi connectivity index (χ2n) is 8.06. The molecule has 30 heavy (non-hydrogen) atoms. The van der Waals surface area contributed by atoms with Gasteiger partial charge < -0.3 is 14.8 Å². The van der Waals surface area contributed by atoms with Crippen molar-refractivity contribution < 1.29 is 19.1 Å². The molecule has 7 heteroatoms. The molecule has 0 radical (unpaired) electrons. The summed E-state index contributed by atoms with van der Waals surface area (Å²) in [5.41, 5.74) is 5.32. The molecule has 2 amide bonds. The average molecular weight is 409 g/mol. The van der Waals surface area contributed by atoms with E-state index >= 15 is 0 Å². The lowest BCUT2D eigenvalue weighted by molar-refractivity contribution is 0.0896. The van der Waals surface area contributed by atoms with Crippen molar-refractivity contribution in [2.24, 2.45) is 5.10 Å². The molecule has 0 unspecified atom stereocenters. The molecule has 0 saturated heterocycles. The third-order valence-electron chi connectivity index (χ3n) is 5.89. The summed E-state index contributed by atoms with van der Waals surface area (Å²) in [6.45, 7) is 1.88. The first-order valence-corrected chi connectivity index (χ1v) is 10.6. The third kappa shape index (κ3) is 4.25. The van der Waals surface area contributed by atoms with E-state index in [0.29, 0.717) is 17.7 Å². The van der Waals surface area contributed by atoms with Crippen molar-refractivity contribution in [1.82, 2.24) is 10.7 Å². The van der Waals surface area contributed by atoms with Gasteiger partial charge in [0.25, 0.3) is 11.8 Å². The highest BCUT2D eigenvalue weighted by Gasteiger charge is 2.29. The van der Waals surface area contributed by atoms with E-state index in [0.717, 1.165) is 61.1 Å². The molecule has 1 heterocycles. The van der Waals surface area contributed by atoms with Crippen LogP contribution in [0, 0.1) is 6.92 Å². The van der Waals surface area contributed by atoms with Gasteiger partial charge in [-0.2, -0.15) is 5.10 Å². The number of carbonyl (C=O) groups excluding carboxylic acids is 2. The number of benzene rings is 1. The minimum absolute atomic E-state index is 0.0999. The van der Waals surface area contributed by atoms with Crippen LogP contribution in [-0.2, 0) is 6.42 Å². The molecule has 2 aliphatic rings. The number of fused-ring (bicyclic) bond motifs is 1. The SMILES string of the molecule is Cc1c(C(=O)NC2CCCCC2)oc2c1/C(=N/NC(=O)c1ccc(O)cc1)CCC2. The van der Waals surface area contributed by atoms with Crippen molar-refractivity contribution in [2.75, 3.05) is 0 Å². The number of phenols is 1. The molecule has 1 aromatic heterocycles. The van der Waals surface area contributed by atoms with Gasteiger partial charge in [-0.25, -0.2) is 5.43 Å². The number of hydrazone groups is 1. The van der Waals surface area contributed by atoms with E-state index in [1.807, 2.05) is 6.92 Å². The smallest absolute Gasteiger partial charge is 0.287 e. The number of furan rings is 1. The van der Waals surface area contributed by atoms with Crippen LogP contribution in [0.4, 0.5) is 0 Å². The van der Waals surface area contributed by atoms with E-state index in [9.17, 15) is 14.7 Å². The molecular weight excluding hydrogens is 382 g/mol. The number of hydrogen-bond donors (Lipinski definition) is 3. The summed E-state index contributed by atoms with van der Waals surface area (Å²) in [6, 6.07) is 6.20. The average Bonchev–Trinajstić information content (AvgIpc) is 3.10. The molecule has 158 valence electrons. The summed E-state index contributed by atoms with van der Waals surface area (Å²) in [5, 5.41) is 16.8. The second-order valence-corrected chi connectivity index (χ2v) is 8.06. The Bertz CT molecular complexity index is 969. The summed E-state index contributed by atoms with van der Waals surface area (Å²) in [6.07, 6.45) is 7.85. The predicted molar refractivity (Wildman–Crippen MR) is 113 cm³/mol. The third-order valence-corrected chi connectivity index (χ3v) is 5.89.